The van der Waals surface area contributed by atoms with Crippen LogP contribution in [0.15, 0.2) is 30.5 Å². The first kappa shape index (κ1) is 13.4. The topological polar surface area (TPSA) is 17.0 Å². The Bertz CT molecular complexity index is 500. The number of aromatic nitrogens is 1. The highest BCUT2D eigenvalue weighted by atomic mass is 35.5. The smallest absolute Gasteiger partial charge is 0.0481 e. The molecule has 0 unspecified atom stereocenters. The molecule has 1 aromatic carbocycles. The molecule has 0 aliphatic rings. The van der Waals surface area contributed by atoms with Crippen LogP contribution >= 0.6 is 11.6 Å². The van der Waals surface area contributed by atoms with Crippen LogP contribution in [-0.4, -0.2) is 17.2 Å². The van der Waals surface area contributed by atoms with Crippen LogP contribution in [0.5, 0.6) is 0 Å². The van der Waals surface area contributed by atoms with Crippen LogP contribution in [-0.2, 0) is 6.54 Å². The van der Waals surface area contributed by atoms with Crippen molar-refractivity contribution in [3.8, 4) is 0 Å². The number of hydrogen-bond donors (Lipinski definition) is 1. The number of halogens is 1. The van der Waals surface area contributed by atoms with E-state index in [9.17, 15) is 0 Å². The zero-order valence-corrected chi connectivity index (χ0v) is 11.9. The molecule has 0 atom stereocenters. The van der Waals surface area contributed by atoms with E-state index in [0.29, 0.717) is 6.04 Å². The van der Waals surface area contributed by atoms with E-state index in [1.54, 1.807) is 0 Å². The van der Waals surface area contributed by atoms with Gasteiger partial charge in [-0.25, -0.2) is 0 Å². The van der Waals surface area contributed by atoms with Crippen LogP contribution in [0.1, 0.15) is 26.7 Å². The molecule has 3 heteroatoms. The molecular weight excluding hydrogens is 244 g/mol. The van der Waals surface area contributed by atoms with E-state index >= 15 is 0 Å². The Kier molecular flexibility index (Phi) is 4.67. The molecular formula is C15H21ClN2. The van der Waals surface area contributed by atoms with Gasteiger partial charge in [0.15, 0.2) is 0 Å². The predicted molar refractivity (Wildman–Crippen MR) is 79.3 cm³/mol. The number of rotatable bonds is 6. The third-order valence-corrected chi connectivity index (χ3v) is 3.74. The van der Waals surface area contributed by atoms with Gasteiger partial charge < -0.3 is 9.88 Å². The highest BCUT2D eigenvalue weighted by Gasteiger charge is 2.04. The first-order valence-corrected chi connectivity index (χ1v) is 7.10. The van der Waals surface area contributed by atoms with Crippen molar-refractivity contribution in [1.82, 2.24) is 9.88 Å². The van der Waals surface area contributed by atoms with Gasteiger partial charge in [-0.2, -0.15) is 0 Å². The molecule has 0 saturated heterocycles. The predicted octanol–water partition coefficient (Wildman–Crippen LogP) is 4.07. The Hall–Kier alpha value is -0.990. The second-order valence-corrected chi connectivity index (χ2v) is 5.12. The average Bonchev–Trinajstić information content (AvgIpc) is 2.77. The zero-order chi connectivity index (χ0) is 13.0. The number of fused-ring (bicyclic) bond motifs is 1. The molecule has 0 amide bonds. The van der Waals surface area contributed by atoms with Crippen molar-refractivity contribution in [2.45, 2.75) is 39.3 Å². The average molecular weight is 265 g/mol. The third kappa shape index (κ3) is 3.06. The molecule has 2 rings (SSSR count). The van der Waals surface area contributed by atoms with E-state index in [0.717, 1.165) is 18.1 Å². The summed E-state index contributed by atoms with van der Waals surface area (Å²) in [4.78, 5) is 0. The van der Waals surface area contributed by atoms with Gasteiger partial charge in [0.05, 0.1) is 0 Å². The van der Waals surface area contributed by atoms with Gasteiger partial charge in [0.1, 0.15) is 0 Å². The fourth-order valence-electron chi connectivity index (χ4n) is 2.33. The minimum atomic E-state index is 0.640. The molecule has 1 N–H and O–H groups in total. The maximum Gasteiger partial charge on any atom is 0.0481 e. The van der Waals surface area contributed by atoms with Crippen LogP contribution in [0.25, 0.3) is 10.9 Å². The van der Waals surface area contributed by atoms with Gasteiger partial charge in [-0.15, -0.1) is 0 Å². The lowest BCUT2D eigenvalue weighted by Gasteiger charge is -2.15. The summed E-state index contributed by atoms with van der Waals surface area (Å²) in [6.07, 6.45) is 4.52. The van der Waals surface area contributed by atoms with Crippen LogP contribution in [0.4, 0.5) is 0 Å². The van der Waals surface area contributed by atoms with Crippen molar-refractivity contribution in [1.29, 1.82) is 0 Å². The van der Waals surface area contributed by atoms with E-state index in [-0.39, 0.29) is 0 Å². The normalized spacial score (nSPS) is 11.6. The second-order valence-electron chi connectivity index (χ2n) is 4.68. The van der Waals surface area contributed by atoms with Crippen molar-refractivity contribution < 1.29 is 0 Å². The van der Waals surface area contributed by atoms with Gasteiger partial charge in [0, 0.05) is 41.3 Å². The second kappa shape index (κ2) is 6.26. The summed E-state index contributed by atoms with van der Waals surface area (Å²) >= 11 is 5.99. The van der Waals surface area contributed by atoms with Crippen LogP contribution < -0.4 is 5.32 Å². The first-order valence-electron chi connectivity index (χ1n) is 6.72. The van der Waals surface area contributed by atoms with Crippen molar-refractivity contribution in [2.24, 2.45) is 0 Å². The molecule has 0 bridgehead atoms. The Morgan fingerprint density at radius 2 is 2.00 bits per heavy atom. The van der Waals surface area contributed by atoms with Gasteiger partial charge in [-0.05, 0) is 37.1 Å². The summed E-state index contributed by atoms with van der Waals surface area (Å²) in [6, 6.07) is 8.82. The molecule has 0 spiro atoms. The van der Waals surface area contributed by atoms with Gasteiger partial charge in [0.2, 0.25) is 0 Å². The highest BCUT2D eigenvalue weighted by Crippen LogP contribution is 2.20. The largest absolute Gasteiger partial charge is 0.346 e. The van der Waals surface area contributed by atoms with E-state index in [2.05, 4.69) is 42.1 Å². The number of nitrogens with zero attached hydrogens (tertiary/aromatic N) is 1. The SMILES string of the molecule is CCC(CC)NCCn1ccc2cc(Cl)ccc21. The number of hydrogen-bond acceptors (Lipinski definition) is 1. The van der Waals surface area contributed by atoms with Crippen molar-refractivity contribution in [2.75, 3.05) is 6.54 Å². The van der Waals surface area contributed by atoms with Gasteiger partial charge >= 0.3 is 0 Å². The van der Waals surface area contributed by atoms with Gasteiger partial charge in [-0.3, -0.25) is 0 Å². The summed E-state index contributed by atoms with van der Waals surface area (Å²) in [5.74, 6) is 0. The lowest BCUT2D eigenvalue weighted by atomic mass is 10.2. The lowest BCUT2D eigenvalue weighted by Crippen LogP contribution is -2.30. The Morgan fingerprint density at radius 1 is 1.22 bits per heavy atom. The molecule has 0 aliphatic carbocycles. The van der Waals surface area contributed by atoms with Crippen molar-refractivity contribution in [3.05, 3.63) is 35.5 Å². The van der Waals surface area contributed by atoms with Crippen molar-refractivity contribution >= 4 is 22.5 Å². The maximum atomic E-state index is 5.99. The maximum absolute atomic E-state index is 5.99. The summed E-state index contributed by atoms with van der Waals surface area (Å²) in [6.45, 7) is 6.48. The Morgan fingerprint density at radius 3 is 2.72 bits per heavy atom. The van der Waals surface area contributed by atoms with Crippen molar-refractivity contribution in [3.63, 3.8) is 0 Å². The molecule has 1 aromatic heterocycles. The molecule has 0 radical (unpaired) electrons. The summed E-state index contributed by atoms with van der Waals surface area (Å²) < 4.78 is 2.28. The molecule has 2 nitrogen and oxygen atoms in total. The minimum Gasteiger partial charge on any atom is -0.346 e. The molecule has 1 heterocycles. The van der Waals surface area contributed by atoms with Gasteiger partial charge in [0.25, 0.3) is 0 Å². The van der Waals surface area contributed by atoms with E-state index < -0.39 is 0 Å². The molecule has 0 saturated carbocycles. The van der Waals surface area contributed by atoms with E-state index in [1.165, 1.54) is 23.7 Å². The van der Waals surface area contributed by atoms with E-state index in [1.807, 2.05) is 12.1 Å². The summed E-state index contributed by atoms with van der Waals surface area (Å²) in [7, 11) is 0. The fraction of sp³-hybridized carbons (Fsp3) is 0.467. The fourth-order valence-corrected chi connectivity index (χ4v) is 2.51. The molecule has 0 aliphatic heterocycles. The highest BCUT2D eigenvalue weighted by molar-refractivity contribution is 6.31. The van der Waals surface area contributed by atoms with E-state index in [4.69, 9.17) is 11.6 Å². The zero-order valence-electron chi connectivity index (χ0n) is 11.1. The van der Waals surface area contributed by atoms with Crippen LogP contribution in [0.3, 0.4) is 0 Å². The Labute approximate surface area is 114 Å². The Balaban J connectivity index is 2.00. The molecule has 18 heavy (non-hydrogen) atoms. The van der Waals surface area contributed by atoms with Gasteiger partial charge in [-0.1, -0.05) is 25.4 Å². The van der Waals surface area contributed by atoms with Crippen LogP contribution in [0.2, 0.25) is 5.02 Å². The molecule has 0 fully saturated rings. The molecule has 98 valence electrons. The number of nitrogens with one attached hydrogen (secondary N) is 1. The minimum absolute atomic E-state index is 0.640. The van der Waals surface area contributed by atoms with Crippen LogP contribution in [0, 0.1) is 0 Å². The summed E-state index contributed by atoms with van der Waals surface area (Å²) in [5, 5.41) is 5.60. The lowest BCUT2D eigenvalue weighted by molar-refractivity contribution is 0.468. The molecule has 2 aromatic rings. The monoisotopic (exact) mass is 264 g/mol. The standard InChI is InChI=1S/C15H21ClN2/c1-3-14(4-2)17-8-10-18-9-7-12-11-13(16)5-6-15(12)18/h5-7,9,11,14,17H,3-4,8,10H2,1-2H3. The third-order valence-electron chi connectivity index (χ3n) is 3.50. The summed E-state index contributed by atoms with van der Waals surface area (Å²) in [5.41, 5.74) is 1.26. The quantitative estimate of drug-likeness (QED) is 0.832. The number of benzene rings is 1. The first-order chi connectivity index (χ1) is 8.74.